The third-order valence-electron chi connectivity index (χ3n) is 2.56. The Morgan fingerprint density at radius 2 is 2.05 bits per heavy atom. The first-order valence-corrected chi connectivity index (χ1v) is 8.31. The van der Waals surface area contributed by atoms with Gasteiger partial charge in [0, 0.05) is 24.9 Å². The Labute approximate surface area is 135 Å². The van der Waals surface area contributed by atoms with E-state index >= 15 is 0 Å². The summed E-state index contributed by atoms with van der Waals surface area (Å²) >= 11 is 7.19. The minimum atomic E-state index is 0.0471. The van der Waals surface area contributed by atoms with Gasteiger partial charge in [0.2, 0.25) is 5.91 Å². The molecule has 1 aromatic heterocycles. The standard InChI is InChI=1S/C14H21ClN4OS/c1-3-7-19(8-4-2)13(20)6-5-9-21-14-17-11(15)10-12(16)18-14/h5-6,10H,3-4,7-9H2,1-2H3,(H2,16,17,18). The molecule has 1 heterocycles. The van der Waals surface area contributed by atoms with Gasteiger partial charge in [-0.1, -0.05) is 43.3 Å². The molecule has 1 rings (SSSR count). The maximum Gasteiger partial charge on any atom is 0.246 e. The number of thioether (sulfide) groups is 1. The zero-order valence-corrected chi connectivity index (χ0v) is 14.0. The molecular weight excluding hydrogens is 308 g/mol. The summed E-state index contributed by atoms with van der Waals surface area (Å²) in [4.78, 5) is 22.0. The molecule has 0 aliphatic carbocycles. The van der Waals surface area contributed by atoms with E-state index in [-0.39, 0.29) is 5.91 Å². The largest absolute Gasteiger partial charge is 0.384 e. The summed E-state index contributed by atoms with van der Waals surface area (Å²) in [6, 6.07) is 1.50. The molecule has 1 aromatic rings. The van der Waals surface area contributed by atoms with Crippen LogP contribution in [0.5, 0.6) is 0 Å². The smallest absolute Gasteiger partial charge is 0.246 e. The number of anilines is 1. The topological polar surface area (TPSA) is 72.1 Å². The lowest BCUT2D eigenvalue weighted by atomic mass is 10.3. The summed E-state index contributed by atoms with van der Waals surface area (Å²) in [5.74, 6) is 0.984. The van der Waals surface area contributed by atoms with Gasteiger partial charge in [-0.3, -0.25) is 4.79 Å². The second-order valence-electron chi connectivity index (χ2n) is 4.44. The van der Waals surface area contributed by atoms with Crippen molar-refractivity contribution < 1.29 is 4.79 Å². The zero-order chi connectivity index (χ0) is 15.7. The summed E-state index contributed by atoms with van der Waals surface area (Å²) in [5, 5.41) is 0.832. The zero-order valence-electron chi connectivity index (χ0n) is 12.4. The molecule has 0 unspecified atom stereocenters. The highest BCUT2D eigenvalue weighted by molar-refractivity contribution is 7.99. The first-order valence-electron chi connectivity index (χ1n) is 6.95. The lowest BCUT2D eigenvalue weighted by Gasteiger charge is -2.19. The van der Waals surface area contributed by atoms with Crippen molar-refractivity contribution in [3.05, 3.63) is 23.4 Å². The van der Waals surface area contributed by atoms with E-state index in [1.54, 1.807) is 6.08 Å². The Kier molecular flexibility index (Phi) is 8.15. The van der Waals surface area contributed by atoms with E-state index in [1.165, 1.54) is 17.8 Å². The van der Waals surface area contributed by atoms with Crippen LogP contribution >= 0.6 is 23.4 Å². The maximum atomic E-state index is 12.0. The number of rotatable bonds is 8. The molecule has 5 nitrogen and oxygen atoms in total. The van der Waals surface area contributed by atoms with Crippen molar-refractivity contribution in [2.24, 2.45) is 0 Å². The molecule has 116 valence electrons. The second kappa shape index (κ2) is 9.63. The van der Waals surface area contributed by atoms with Crippen molar-refractivity contribution in [1.29, 1.82) is 0 Å². The minimum Gasteiger partial charge on any atom is -0.384 e. The summed E-state index contributed by atoms with van der Waals surface area (Å²) in [7, 11) is 0. The quantitative estimate of drug-likeness (QED) is 0.344. The van der Waals surface area contributed by atoms with Crippen LogP contribution in [0.15, 0.2) is 23.4 Å². The molecule has 7 heteroatoms. The van der Waals surface area contributed by atoms with Gasteiger partial charge in [0.25, 0.3) is 0 Å². The van der Waals surface area contributed by atoms with Crippen molar-refractivity contribution in [3.8, 4) is 0 Å². The molecule has 1 amide bonds. The van der Waals surface area contributed by atoms with E-state index in [2.05, 4.69) is 23.8 Å². The van der Waals surface area contributed by atoms with Gasteiger partial charge >= 0.3 is 0 Å². The van der Waals surface area contributed by atoms with E-state index in [0.717, 1.165) is 25.9 Å². The normalized spacial score (nSPS) is 11.0. The molecule has 0 aromatic carbocycles. The molecule has 0 aliphatic heterocycles. The second-order valence-corrected chi connectivity index (χ2v) is 5.81. The summed E-state index contributed by atoms with van der Waals surface area (Å²) < 4.78 is 0. The highest BCUT2D eigenvalue weighted by atomic mass is 35.5. The van der Waals surface area contributed by atoms with Gasteiger partial charge < -0.3 is 10.6 Å². The lowest BCUT2D eigenvalue weighted by Crippen LogP contribution is -2.30. The number of amides is 1. The fourth-order valence-electron chi connectivity index (χ4n) is 1.73. The van der Waals surface area contributed by atoms with Crippen LogP contribution in [0.2, 0.25) is 5.15 Å². The highest BCUT2D eigenvalue weighted by Crippen LogP contribution is 2.17. The monoisotopic (exact) mass is 328 g/mol. The van der Waals surface area contributed by atoms with E-state index in [9.17, 15) is 4.79 Å². The number of nitrogen functional groups attached to an aromatic ring is 1. The van der Waals surface area contributed by atoms with Crippen LogP contribution < -0.4 is 5.73 Å². The van der Waals surface area contributed by atoms with E-state index in [4.69, 9.17) is 17.3 Å². The van der Waals surface area contributed by atoms with Crippen LogP contribution in [0.4, 0.5) is 5.82 Å². The molecular formula is C14H21ClN4OS. The average molecular weight is 329 g/mol. The van der Waals surface area contributed by atoms with Crippen LogP contribution in [-0.2, 0) is 4.79 Å². The fourth-order valence-corrected chi connectivity index (χ4v) is 2.64. The van der Waals surface area contributed by atoms with Gasteiger partial charge in [-0.05, 0) is 18.9 Å². The summed E-state index contributed by atoms with van der Waals surface area (Å²) in [6.45, 7) is 5.71. The molecule has 0 aliphatic rings. The number of hydrogen-bond acceptors (Lipinski definition) is 5. The molecule has 2 N–H and O–H groups in total. The number of nitrogens with zero attached hydrogens (tertiary/aromatic N) is 3. The summed E-state index contributed by atoms with van der Waals surface area (Å²) in [6.07, 6.45) is 5.34. The lowest BCUT2D eigenvalue weighted by molar-refractivity contribution is -0.126. The average Bonchev–Trinajstić information content (AvgIpc) is 2.42. The highest BCUT2D eigenvalue weighted by Gasteiger charge is 2.07. The molecule has 0 fully saturated rings. The van der Waals surface area contributed by atoms with Crippen LogP contribution in [0.1, 0.15) is 26.7 Å². The van der Waals surface area contributed by atoms with Gasteiger partial charge in [-0.15, -0.1) is 0 Å². The van der Waals surface area contributed by atoms with Gasteiger partial charge in [0.05, 0.1) is 0 Å². The molecule has 21 heavy (non-hydrogen) atoms. The molecule has 0 spiro atoms. The number of hydrogen-bond donors (Lipinski definition) is 1. The van der Waals surface area contributed by atoms with Gasteiger partial charge in [-0.25, -0.2) is 9.97 Å². The fraction of sp³-hybridized carbons (Fsp3) is 0.500. The minimum absolute atomic E-state index is 0.0471. The molecule has 0 atom stereocenters. The van der Waals surface area contributed by atoms with Crippen molar-refractivity contribution >= 4 is 35.1 Å². The van der Waals surface area contributed by atoms with Crippen LogP contribution in [0.25, 0.3) is 0 Å². The van der Waals surface area contributed by atoms with Gasteiger partial charge in [0.15, 0.2) is 5.16 Å². The summed E-state index contributed by atoms with van der Waals surface area (Å²) in [5.41, 5.74) is 5.59. The number of aromatic nitrogens is 2. The first-order chi connectivity index (χ1) is 10.1. The Hall–Kier alpha value is -1.27. The third-order valence-corrected chi connectivity index (χ3v) is 3.56. The van der Waals surface area contributed by atoms with Crippen molar-refractivity contribution in [3.63, 3.8) is 0 Å². The van der Waals surface area contributed by atoms with Crippen molar-refractivity contribution in [2.45, 2.75) is 31.8 Å². The van der Waals surface area contributed by atoms with Crippen molar-refractivity contribution in [2.75, 3.05) is 24.6 Å². The molecule has 0 saturated heterocycles. The number of halogens is 1. The van der Waals surface area contributed by atoms with Crippen LogP contribution in [0.3, 0.4) is 0 Å². The number of nitrogens with two attached hydrogens (primary N) is 1. The van der Waals surface area contributed by atoms with E-state index < -0.39 is 0 Å². The first kappa shape index (κ1) is 17.8. The molecule has 0 saturated carbocycles. The van der Waals surface area contributed by atoms with Gasteiger partial charge in [-0.2, -0.15) is 0 Å². The number of carbonyl (C=O) groups excluding carboxylic acids is 1. The Morgan fingerprint density at radius 3 is 2.62 bits per heavy atom. The van der Waals surface area contributed by atoms with Crippen LogP contribution in [0, 0.1) is 0 Å². The van der Waals surface area contributed by atoms with E-state index in [0.29, 0.717) is 21.9 Å². The van der Waals surface area contributed by atoms with Crippen molar-refractivity contribution in [1.82, 2.24) is 14.9 Å². The third kappa shape index (κ3) is 6.82. The molecule has 0 radical (unpaired) electrons. The number of carbonyl (C=O) groups is 1. The Morgan fingerprint density at radius 1 is 1.38 bits per heavy atom. The Bertz CT molecular complexity index is 470. The predicted octanol–water partition coefficient (Wildman–Crippen LogP) is 3.01. The SMILES string of the molecule is CCCN(CCC)C(=O)C=CCSc1nc(N)cc(Cl)n1. The predicted molar refractivity (Wildman–Crippen MR) is 88.5 cm³/mol. The maximum absolute atomic E-state index is 12.0. The van der Waals surface area contributed by atoms with Gasteiger partial charge in [0.1, 0.15) is 11.0 Å². The Balaban J connectivity index is 2.47. The molecule has 0 bridgehead atoms. The van der Waals surface area contributed by atoms with Crippen LogP contribution in [-0.4, -0.2) is 39.6 Å². The van der Waals surface area contributed by atoms with E-state index in [1.807, 2.05) is 11.0 Å².